The van der Waals surface area contributed by atoms with Gasteiger partial charge in [0.15, 0.2) is 0 Å². The summed E-state index contributed by atoms with van der Waals surface area (Å²) in [5, 5.41) is 5.70. The Morgan fingerprint density at radius 1 is 1.13 bits per heavy atom. The van der Waals surface area contributed by atoms with E-state index in [0.717, 1.165) is 21.3 Å². The lowest BCUT2D eigenvalue weighted by atomic mass is 10.0. The predicted molar refractivity (Wildman–Crippen MR) is 95.1 cm³/mol. The van der Waals surface area contributed by atoms with E-state index in [1.165, 1.54) is 6.92 Å². The molecule has 23 heavy (non-hydrogen) atoms. The van der Waals surface area contributed by atoms with Crippen molar-refractivity contribution in [3.63, 3.8) is 0 Å². The third kappa shape index (κ3) is 5.21. The third-order valence-corrected chi connectivity index (χ3v) is 4.02. The second kappa shape index (κ2) is 7.92. The van der Waals surface area contributed by atoms with E-state index in [4.69, 9.17) is 0 Å². The molecule has 0 radical (unpaired) electrons. The van der Waals surface area contributed by atoms with Crippen molar-refractivity contribution in [3.8, 4) is 0 Å². The summed E-state index contributed by atoms with van der Waals surface area (Å²) in [7, 11) is 0. The lowest BCUT2D eigenvalue weighted by Crippen LogP contribution is -2.29. The van der Waals surface area contributed by atoms with Gasteiger partial charge in [0, 0.05) is 11.4 Å². The van der Waals surface area contributed by atoms with Gasteiger partial charge in [-0.25, -0.2) is 0 Å². The zero-order valence-corrected chi connectivity index (χ0v) is 14.7. The maximum absolute atomic E-state index is 12.3. The van der Waals surface area contributed by atoms with E-state index in [2.05, 4.69) is 26.6 Å². The van der Waals surface area contributed by atoms with Crippen molar-refractivity contribution in [2.75, 3.05) is 5.32 Å². The first-order valence-electron chi connectivity index (χ1n) is 7.34. The van der Waals surface area contributed by atoms with Gasteiger partial charge in [-0.1, -0.05) is 36.4 Å². The Labute approximate surface area is 144 Å². The highest BCUT2D eigenvalue weighted by Crippen LogP contribution is 2.24. The number of nitrogens with one attached hydrogen (secondary N) is 2. The first-order valence-corrected chi connectivity index (χ1v) is 8.13. The van der Waals surface area contributed by atoms with Crippen molar-refractivity contribution in [1.82, 2.24) is 5.32 Å². The van der Waals surface area contributed by atoms with Crippen LogP contribution in [-0.4, -0.2) is 11.8 Å². The quantitative estimate of drug-likeness (QED) is 0.831. The van der Waals surface area contributed by atoms with Crippen molar-refractivity contribution >= 4 is 33.4 Å². The normalized spacial score (nSPS) is 11.6. The zero-order chi connectivity index (χ0) is 16.8. The van der Waals surface area contributed by atoms with Crippen molar-refractivity contribution in [2.24, 2.45) is 0 Å². The van der Waals surface area contributed by atoms with E-state index in [1.807, 2.05) is 55.5 Å². The van der Waals surface area contributed by atoms with Crippen LogP contribution >= 0.6 is 15.9 Å². The molecule has 2 rings (SSSR count). The molecule has 0 fully saturated rings. The zero-order valence-electron chi connectivity index (χ0n) is 13.1. The van der Waals surface area contributed by atoms with Crippen LogP contribution in [-0.2, 0) is 9.59 Å². The molecule has 0 heterocycles. The molecule has 0 aliphatic carbocycles. The molecule has 0 aliphatic rings. The summed E-state index contributed by atoms with van der Waals surface area (Å²) in [6.45, 7) is 3.43. The van der Waals surface area contributed by atoms with Crippen LogP contribution in [0.15, 0.2) is 53.0 Å². The van der Waals surface area contributed by atoms with Crippen molar-refractivity contribution in [1.29, 1.82) is 0 Å². The van der Waals surface area contributed by atoms with Gasteiger partial charge in [0.2, 0.25) is 11.8 Å². The highest BCUT2D eigenvalue weighted by molar-refractivity contribution is 9.10. The van der Waals surface area contributed by atoms with Crippen molar-refractivity contribution in [2.45, 2.75) is 26.3 Å². The van der Waals surface area contributed by atoms with Crippen LogP contribution in [0.1, 0.15) is 30.5 Å². The molecule has 2 aromatic rings. The van der Waals surface area contributed by atoms with E-state index in [9.17, 15) is 9.59 Å². The molecule has 0 bridgehead atoms. The van der Waals surface area contributed by atoms with Crippen LogP contribution < -0.4 is 10.6 Å². The number of rotatable bonds is 5. The smallest absolute Gasteiger partial charge is 0.226 e. The van der Waals surface area contributed by atoms with Gasteiger partial charge < -0.3 is 10.6 Å². The molecule has 2 N–H and O–H groups in total. The van der Waals surface area contributed by atoms with Crippen LogP contribution in [0, 0.1) is 6.92 Å². The molecule has 2 amide bonds. The van der Waals surface area contributed by atoms with Crippen molar-refractivity contribution in [3.05, 3.63) is 64.1 Å². The summed E-state index contributed by atoms with van der Waals surface area (Å²) < 4.78 is 0.835. The molecule has 0 unspecified atom stereocenters. The summed E-state index contributed by atoms with van der Waals surface area (Å²) in [5.41, 5.74) is 2.73. The Morgan fingerprint density at radius 3 is 2.43 bits per heavy atom. The first kappa shape index (κ1) is 17.2. The average molecular weight is 375 g/mol. The van der Waals surface area contributed by atoms with E-state index >= 15 is 0 Å². The number of carbonyl (C=O) groups is 2. The molecule has 2 aromatic carbocycles. The predicted octanol–water partition coefficient (Wildman–Crippen LogP) is 3.96. The van der Waals surface area contributed by atoms with E-state index < -0.39 is 0 Å². The fraction of sp³-hybridized carbons (Fsp3) is 0.222. The van der Waals surface area contributed by atoms with Gasteiger partial charge in [0.05, 0.1) is 18.2 Å². The molecule has 0 aliphatic heterocycles. The number of anilines is 1. The summed E-state index contributed by atoms with van der Waals surface area (Å²) in [6.07, 6.45) is 0.171. The van der Waals surface area contributed by atoms with Crippen molar-refractivity contribution < 1.29 is 9.59 Å². The molecule has 4 nitrogen and oxygen atoms in total. The minimum atomic E-state index is -0.349. The summed E-state index contributed by atoms with van der Waals surface area (Å²) in [5.74, 6) is -0.319. The maximum atomic E-state index is 12.3. The van der Waals surface area contributed by atoms with E-state index in [0.29, 0.717) is 0 Å². The van der Waals surface area contributed by atoms with Gasteiger partial charge in [-0.05, 0) is 46.1 Å². The number of benzene rings is 2. The van der Waals surface area contributed by atoms with Crippen LogP contribution in [0.2, 0.25) is 0 Å². The Morgan fingerprint density at radius 2 is 1.83 bits per heavy atom. The molecular formula is C18H19BrN2O2. The van der Waals surface area contributed by atoms with Crippen LogP contribution in [0.5, 0.6) is 0 Å². The number of carbonyl (C=O) groups excluding carboxylic acids is 2. The number of hydrogen-bond acceptors (Lipinski definition) is 2. The van der Waals surface area contributed by atoms with Crippen LogP contribution in [0.25, 0.3) is 0 Å². The first-order chi connectivity index (χ1) is 11.0. The monoisotopic (exact) mass is 374 g/mol. The summed E-state index contributed by atoms with van der Waals surface area (Å²) in [6, 6.07) is 14.9. The molecule has 1 atom stereocenters. The Bertz CT molecular complexity index is 701. The maximum Gasteiger partial charge on any atom is 0.226 e. The van der Waals surface area contributed by atoms with Gasteiger partial charge in [0.1, 0.15) is 0 Å². The molecule has 5 heteroatoms. The average Bonchev–Trinajstić information content (AvgIpc) is 2.50. The number of amides is 2. The molecule has 120 valence electrons. The Kier molecular flexibility index (Phi) is 5.93. The largest absolute Gasteiger partial charge is 0.349 e. The third-order valence-electron chi connectivity index (χ3n) is 3.37. The van der Waals surface area contributed by atoms with Gasteiger partial charge in [-0.2, -0.15) is 0 Å². The lowest BCUT2D eigenvalue weighted by molar-refractivity contribution is -0.120. The molecule has 0 aromatic heterocycles. The highest BCUT2D eigenvalue weighted by Gasteiger charge is 2.17. The summed E-state index contributed by atoms with van der Waals surface area (Å²) in [4.78, 5) is 23.7. The molecule has 0 saturated heterocycles. The van der Waals surface area contributed by atoms with E-state index in [1.54, 1.807) is 0 Å². The summed E-state index contributed by atoms with van der Waals surface area (Å²) >= 11 is 3.44. The minimum Gasteiger partial charge on any atom is -0.349 e. The van der Waals surface area contributed by atoms with Crippen LogP contribution in [0.3, 0.4) is 0 Å². The number of aryl methyl sites for hydroxylation is 1. The van der Waals surface area contributed by atoms with E-state index in [-0.39, 0.29) is 24.3 Å². The van der Waals surface area contributed by atoms with Crippen LogP contribution in [0.4, 0.5) is 5.69 Å². The van der Waals surface area contributed by atoms with Gasteiger partial charge >= 0.3 is 0 Å². The molecular weight excluding hydrogens is 356 g/mol. The SMILES string of the molecule is CC(=O)N[C@@H](CC(=O)Nc1ccc(C)cc1Br)c1ccccc1. The Balaban J connectivity index is 2.09. The van der Waals surface area contributed by atoms with Gasteiger partial charge in [-0.3, -0.25) is 9.59 Å². The van der Waals surface area contributed by atoms with Gasteiger partial charge in [0.25, 0.3) is 0 Å². The molecule has 0 saturated carbocycles. The highest BCUT2D eigenvalue weighted by atomic mass is 79.9. The number of halogens is 1. The van der Waals surface area contributed by atoms with Gasteiger partial charge in [-0.15, -0.1) is 0 Å². The number of hydrogen-bond donors (Lipinski definition) is 2. The fourth-order valence-corrected chi connectivity index (χ4v) is 2.88. The standard InChI is InChI=1S/C18H19BrN2O2/c1-12-8-9-16(15(19)10-12)21-18(23)11-17(20-13(2)22)14-6-4-3-5-7-14/h3-10,17H,11H2,1-2H3,(H,20,22)(H,21,23)/t17-/m0/s1. The minimum absolute atomic E-state index is 0.155. The second-order valence-electron chi connectivity index (χ2n) is 5.40. The fourth-order valence-electron chi connectivity index (χ4n) is 2.29. The Hall–Kier alpha value is -2.14. The topological polar surface area (TPSA) is 58.2 Å². The lowest BCUT2D eigenvalue weighted by Gasteiger charge is -2.18. The second-order valence-corrected chi connectivity index (χ2v) is 6.25. The molecule has 0 spiro atoms.